The normalized spacial score (nSPS) is 12.6. The number of hydrogen-bond donors (Lipinski definition) is 0. The van der Waals surface area contributed by atoms with E-state index in [1.54, 1.807) is 0 Å². The second-order valence-electron chi connectivity index (χ2n) is 31.2. The molecule has 12 heteroatoms. The van der Waals surface area contributed by atoms with Gasteiger partial charge in [-0.25, -0.2) is 29.9 Å². The maximum atomic E-state index is 7.19. The van der Waals surface area contributed by atoms with Gasteiger partial charge in [-0.05, 0) is 182 Å². The van der Waals surface area contributed by atoms with Crippen LogP contribution in [0.25, 0.3) is 270 Å². The molecule has 0 N–H and O–H groups in total. The van der Waals surface area contributed by atoms with Gasteiger partial charge in [-0.15, -0.1) is 11.3 Å². The molecule has 0 spiro atoms. The highest BCUT2D eigenvalue weighted by Crippen LogP contribution is 2.52. The average Bonchev–Trinajstić information content (AvgIpc) is 1.56. The van der Waals surface area contributed by atoms with E-state index in [0.717, 1.165) is 232 Å². The van der Waals surface area contributed by atoms with Crippen LogP contribution < -0.4 is 0 Å². The summed E-state index contributed by atoms with van der Waals surface area (Å²) < 4.78 is 36.2. The highest BCUT2D eigenvalue weighted by Gasteiger charge is 2.29. The van der Waals surface area contributed by atoms with Crippen LogP contribution in [0.15, 0.2) is 356 Å². The largest absolute Gasteiger partial charge is 0.456 e. The first-order valence-electron chi connectivity index (χ1n) is 40.4. The Hall–Kier alpha value is -15.8. The molecular formula is C108H60N6O5S. The average molecular weight is 1550 g/mol. The van der Waals surface area contributed by atoms with E-state index in [-0.39, 0.29) is 0 Å². The number of benzene rings is 17. The molecule has 0 radical (unpaired) electrons. The molecule has 8 heterocycles. The molecule has 0 fully saturated rings. The first kappa shape index (κ1) is 66.5. The lowest BCUT2D eigenvalue weighted by molar-refractivity contribution is 0.668. The molecule has 0 amide bonds. The Morgan fingerprint density at radius 3 is 1.51 bits per heavy atom. The Morgan fingerprint density at radius 1 is 0.242 bits per heavy atom. The van der Waals surface area contributed by atoms with Gasteiger partial charge in [-0.3, -0.25) is 0 Å². The quantitative estimate of drug-likeness (QED) is 0.129. The fourth-order valence-corrected chi connectivity index (χ4v) is 20.1. The van der Waals surface area contributed by atoms with Crippen molar-refractivity contribution >= 4 is 169 Å². The number of rotatable bonds is 10. The van der Waals surface area contributed by atoms with Crippen LogP contribution in [0.4, 0.5) is 0 Å². The van der Waals surface area contributed by atoms with Crippen LogP contribution in [0.5, 0.6) is 0 Å². The summed E-state index contributed by atoms with van der Waals surface area (Å²) in [5, 5.41) is 16.3. The highest BCUT2D eigenvalue weighted by molar-refractivity contribution is 7.26. The molecule has 17 aromatic carbocycles. The zero-order chi connectivity index (χ0) is 78.4. The second-order valence-corrected chi connectivity index (χ2v) is 32.3. The van der Waals surface area contributed by atoms with Crippen LogP contribution in [0, 0.1) is 0 Å². The number of fused-ring (bicyclic) bond motifs is 23. The van der Waals surface area contributed by atoms with E-state index in [2.05, 4.69) is 249 Å². The lowest BCUT2D eigenvalue weighted by Gasteiger charge is -2.15. The SMILES string of the molecule is C1=Cc2cc(-c3nc(-c4ccc5oc6ccccc6c5c4)nc(-c4cccc5oc6cccc(-c7cc8ccccc8c8oc9ccc(-c%10ccc%11ccc%12c(sc%13cccc(-c%14ccc%15oc%16ccccc%16c%15c%14-c%14nc(-c%15ccc(-c%16ccccc%16)cc%15)nc(-c%15cccc%16oc%17ccccc%17c%15%16)n%14)c%13%12)c%11c%10)cc9c78)c6c45)n3)ccc2CC1. The molecule has 0 unspecified atom stereocenters. The van der Waals surface area contributed by atoms with Crippen molar-refractivity contribution in [2.24, 2.45) is 0 Å². The lowest BCUT2D eigenvalue weighted by Crippen LogP contribution is -2.02. The maximum Gasteiger partial charge on any atom is 0.165 e. The van der Waals surface area contributed by atoms with Gasteiger partial charge in [0, 0.05) is 118 Å². The van der Waals surface area contributed by atoms with Crippen LogP contribution >= 0.6 is 11.3 Å². The van der Waals surface area contributed by atoms with E-state index >= 15 is 0 Å². The van der Waals surface area contributed by atoms with Crippen molar-refractivity contribution in [3.63, 3.8) is 0 Å². The van der Waals surface area contributed by atoms with Crippen molar-refractivity contribution in [3.8, 4) is 113 Å². The predicted octanol–water partition coefficient (Wildman–Crippen LogP) is 29.9. The van der Waals surface area contributed by atoms with E-state index < -0.39 is 0 Å². The number of aryl methyl sites for hydroxylation is 1. The zero-order valence-corrected chi connectivity index (χ0v) is 64.7. The van der Waals surface area contributed by atoms with Gasteiger partial charge in [0.25, 0.3) is 0 Å². The van der Waals surface area contributed by atoms with Crippen LogP contribution in [-0.2, 0) is 6.42 Å². The van der Waals surface area contributed by atoms with Crippen LogP contribution in [-0.4, -0.2) is 29.9 Å². The summed E-state index contributed by atoms with van der Waals surface area (Å²) in [6, 6.07) is 115. The number of furan rings is 5. The van der Waals surface area contributed by atoms with Gasteiger partial charge in [-0.2, -0.15) is 0 Å². The monoisotopic (exact) mass is 1550 g/mol. The van der Waals surface area contributed by atoms with Crippen molar-refractivity contribution in [2.75, 3.05) is 0 Å². The Bertz CT molecular complexity index is 8760. The summed E-state index contributed by atoms with van der Waals surface area (Å²) in [5.41, 5.74) is 23.7. The fraction of sp³-hybridized carbons (Fsp3) is 0.0185. The predicted molar refractivity (Wildman–Crippen MR) is 489 cm³/mol. The molecule has 558 valence electrons. The molecule has 11 nitrogen and oxygen atoms in total. The van der Waals surface area contributed by atoms with Gasteiger partial charge in [0.15, 0.2) is 34.9 Å². The molecule has 120 heavy (non-hydrogen) atoms. The Labute approximate surface area is 686 Å². The minimum Gasteiger partial charge on any atom is -0.456 e. The summed E-state index contributed by atoms with van der Waals surface area (Å²) in [6.07, 6.45) is 6.46. The van der Waals surface area contributed by atoms with Crippen molar-refractivity contribution in [2.45, 2.75) is 12.8 Å². The lowest BCUT2D eigenvalue weighted by atomic mass is 9.91. The molecule has 26 rings (SSSR count). The van der Waals surface area contributed by atoms with Gasteiger partial charge in [0.1, 0.15) is 55.8 Å². The van der Waals surface area contributed by atoms with Gasteiger partial charge >= 0.3 is 0 Å². The van der Waals surface area contributed by atoms with E-state index in [9.17, 15) is 0 Å². The number of thiophene rings is 1. The van der Waals surface area contributed by atoms with Crippen molar-refractivity contribution in [1.82, 2.24) is 29.9 Å². The minimum atomic E-state index is 0.517. The number of nitrogens with zero attached hydrogens (tertiary/aromatic N) is 6. The van der Waals surface area contributed by atoms with Crippen LogP contribution in [0.3, 0.4) is 0 Å². The second kappa shape index (κ2) is 25.9. The topological polar surface area (TPSA) is 143 Å². The van der Waals surface area contributed by atoms with Crippen molar-refractivity contribution < 1.29 is 22.1 Å². The molecule has 0 saturated heterocycles. The Balaban J connectivity index is 0.637. The van der Waals surface area contributed by atoms with Crippen molar-refractivity contribution in [1.29, 1.82) is 0 Å². The van der Waals surface area contributed by atoms with Crippen molar-refractivity contribution in [3.05, 3.63) is 345 Å². The number of aromatic nitrogens is 6. The van der Waals surface area contributed by atoms with E-state index in [1.807, 2.05) is 102 Å². The third-order valence-corrected chi connectivity index (χ3v) is 25.7. The summed E-state index contributed by atoms with van der Waals surface area (Å²) in [6.45, 7) is 0. The summed E-state index contributed by atoms with van der Waals surface area (Å²) in [4.78, 5) is 32.9. The molecule has 8 aromatic heterocycles. The van der Waals surface area contributed by atoms with Gasteiger partial charge in [0.05, 0.1) is 0 Å². The molecule has 0 bridgehead atoms. The summed E-state index contributed by atoms with van der Waals surface area (Å²) in [5.74, 6) is 3.23. The molecular weight excluding hydrogens is 1490 g/mol. The van der Waals surface area contributed by atoms with E-state index in [0.29, 0.717) is 40.5 Å². The third-order valence-electron chi connectivity index (χ3n) is 24.5. The molecule has 0 aliphatic heterocycles. The number of hydrogen-bond acceptors (Lipinski definition) is 12. The fourth-order valence-electron chi connectivity index (χ4n) is 18.9. The molecule has 0 saturated carbocycles. The van der Waals surface area contributed by atoms with E-state index in [1.165, 1.54) is 15.8 Å². The molecule has 0 atom stereocenters. The Kier molecular flexibility index (Phi) is 14.3. The highest BCUT2D eigenvalue weighted by atomic mass is 32.1. The first-order chi connectivity index (χ1) is 59.4. The summed E-state index contributed by atoms with van der Waals surface area (Å²) in [7, 11) is 0. The van der Waals surface area contributed by atoms with E-state index in [4.69, 9.17) is 52.0 Å². The standard InChI is InChI=1S/C108H60N6O5S/c1-2-18-59(19-3-1)61-38-42-63(43-39-61)103-110-106(78-29-15-34-89-94(78)75-25-9-12-32-85(75)116-89)114-108(113-103)100-74(50-53-92-98(100)76-26-10-13-33-86(76)117-92)72-28-17-37-93-95(72)77-49-46-62-41-44-65(55-80(62)102(77)120-93)66-47-51-88-83(56-66)96-82(57-67-22-6-7-23-70(67)101(96)119-88)73-27-14-35-90-97(73)99-79(30-16-36-91(99)118-90)107-111-104(68-45-40-60-20-4-5-21-64(60)54-68)109-105(112-107)69-48-52-87-81(58-69)71-24-8-11-31-84(71)115-87/h1-3,5-19,21-58H,4,20H2. The maximum absolute atomic E-state index is 7.19. The first-order valence-corrected chi connectivity index (χ1v) is 41.2. The molecule has 1 aliphatic rings. The number of para-hydroxylation sites is 3. The molecule has 25 aromatic rings. The van der Waals surface area contributed by atoms with Gasteiger partial charge in [0.2, 0.25) is 0 Å². The Morgan fingerprint density at radius 2 is 0.733 bits per heavy atom. The van der Waals surface area contributed by atoms with Crippen LogP contribution in [0.1, 0.15) is 17.5 Å². The zero-order valence-electron chi connectivity index (χ0n) is 63.9. The van der Waals surface area contributed by atoms with Gasteiger partial charge < -0.3 is 22.1 Å². The smallest absolute Gasteiger partial charge is 0.165 e. The summed E-state index contributed by atoms with van der Waals surface area (Å²) >= 11 is 1.82. The minimum absolute atomic E-state index is 0.517. The van der Waals surface area contributed by atoms with Crippen LogP contribution in [0.2, 0.25) is 0 Å². The van der Waals surface area contributed by atoms with Gasteiger partial charge in [-0.1, -0.05) is 237 Å². The third kappa shape index (κ3) is 10.3. The molecule has 1 aliphatic carbocycles. The number of allylic oxidation sites excluding steroid dienone is 1.